The van der Waals surface area contributed by atoms with Crippen LogP contribution in [0.1, 0.15) is 35.7 Å². The minimum absolute atomic E-state index is 0.704. The van der Waals surface area contributed by atoms with Crippen molar-refractivity contribution in [2.45, 2.75) is 31.7 Å². The Balaban J connectivity index is 2.09. The number of hydrogen-bond acceptors (Lipinski definition) is 4. The zero-order chi connectivity index (χ0) is 11.1. The van der Waals surface area contributed by atoms with Crippen LogP contribution in [-0.4, -0.2) is 30.6 Å². The molecule has 1 aliphatic heterocycles. The van der Waals surface area contributed by atoms with E-state index in [1.165, 1.54) is 29.8 Å². The molecule has 0 unspecified atom stereocenters. The van der Waals surface area contributed by atoms with E-state index in [2.05, 4.69) is 10.3 Å². The van der Waals surface area contributed by atoms with Gasteiger partial charge in [-0.15, -0.1) is 0 Å². The number of nitrogens with zero attached hydrogens (tertiary/aromatic N) is 3. The zero-order valence-electron chi connectivity index (χ0n) is 9.95. The summed E-state index contributed by atoms with van der Waals surface area (Å²) in [6.07, 6.45) is 3.64. The highest BCUT2D eigenvalue weighted by atomic mass is 15.2. The third-order valence-electron chi connectivity index (χ3n) is 3.32. The summed E-state index contributed by atoms with van der Waals surface area (Å²) >= 11 is 0. The van der Waals surface area contributed by atoms with Crippen LogP contribution in [0.5, 0.6) is 0 Å². The monoisotopic (exact) mass is 218 g/mol. The minimum Gasteiger partial charge on any atom is -0.347 e. The van der Waals surface area contributed by atoms with E-state index >= 15 is 0 Å². The van der Waals surface area contributed by atoms with E-state index in [1.54, 1.807) is 0 Å². The predicted molar refractivity (Wildman–Crippen MR) is 63.7 cm³/mol. The van der Waals surface area contributed by atoms with E-state index in [0.29, 0.717) is 5.92 Å². The van der Waals surface area contributed by atoms with Crippen LogP contribution in [0.3, 0.4) is 0 Å². The van der Waals surface area contributed by atoms with Gasteiger partial charge in [0, 0.05) is 45.1 Å². The summed E-state index contributed by atoms with van der Waals surface area (Å²) < 4.78 is 0. The molecule has 86 valence electrons. The molecular formula is C12H18N4. The molecule has 0 bridgehead atoms. The standard InChI is InChI=1S/C12H18N4/c1-16(2)12-14-10-5-6-13-7-9(10)11(15-12)8-3-4-8/h8,13H,3-7H2,1-2H3. The van der Waals surface area contributed by atoms with Gasteiger partial charge in [0.05, 0.1) is 11.4 Å². The highest BCUT2D eigenvalue weighted by Crippen LogP contribution is 2.42. The van der Waals surface area contributed by atoms with Gasteiger partial charge in [0.1, 0.15) is 0 Å². The maximum absolute atomic E-state index is 4.72. The summed E-state index contributed by atoms with van der Waals surface area (Å²) in [4.78, 5) is 11.4. The third kappa shape index (κ3) is 1.67. The number of nitrogens with one attached hydrogen (secondary N) is 1. The maximum Gasteiger partial charge on any atom is 0.225 e. The lowest BCUT2D eigenvalue weighted by atomic mass is 10.0. The average Bonchev–Trinajstić information content (AvgIpc) is 3.11. The van der Waals surface area contributed by atoms with E-state index in [9.17, 15) is 0 Å². The molecule has 3 rings (SSSR count). The molecule has 0 amide bonds. The van der Waals surface area contributed by atoms with Crippen LogP contribution < -0.4 is 10.2 Å². The van der Waals surface area contributed by atoms with Crippen molar-refractivity contribution in [1.29, 1.82) is 0 Å². The van der Waals surface area contributed by atoms with Crippen molar-refractivity contribution in [2.24, 2.45) is 0 Å². The highest BCUT2D eigenvalue weighted by molar-refractivity contribution is 5.40. The van der Waals surface area contributed by atoms with Crippen molar-refractivity contribution in [3.8, 4) is 0 Å². The molecule has 4 nitrogen and oxygen atoms in total. The molecule has 1 N–H and O–H groups in total. The Morgan fingerprint density at radius 2 is 2.06 bits per heavy atom. The first-order valence-electron chi connectivity index (χ1n) is 6.03. The SMILES string of the molecule is CN(C)c1nc2c(c(C3CC3)n1)CNCC2. The van der Waals surface area contributed by atoms with Crippen LogP contribution in [0, 0.1) is 0 Å². The molecule has 2 aliphatic rings. The summed E-state index contributed by atoms with van der Waals surface area (Å²) in [6.45, 7) is 2.00. The fourth-order valence-electron chi connectivity index (χ4n) is 2.25. The molecule has 1 saturated carbocycles. The molecule has 2 heterocycles. The Morgan fingerprint density at radius 3 is 2.75 bits per heavy atom. The summed E-state index contributed by atoms with van der Waals surface area (Å²) in [5, 5.41) is 3.42. The van der Waals surface area contributed by atoms with E-state index in [1.807, 2.05) is 19.0 Å². The molecule has 16 heavy (non-hydrogen) atoms. The van der Waals surface area contributed by atoms with Crippen molar-refractivity contribution in [3.63, 3.8) is 0 Å². The lowest BCUT2D eigenvalue weighted by Gasteiger charge is -2.21. The first-order chi connectivity index (χ1) is 7.75. The van der Waals surface area contributed by atoms with Crippen molar-refractivity contribution in [3.05, 3.63) is 17.0 Å². The van der Waals surface area contributed by atoms with Gasteiger partial charge < -0.3 is 10.2 Å². The van der Waals surface area contributed by atoms with Crippen LogP contribution in [0.2, 0.25) is 0 Å². The van der Waals surface area contributed by atoms with Gasteiger partial charge in [-0.3, -0.25) is 0 Å². The molecule has 0 atom stereocenters. The number of rotatable bonds is 2. The fraction of sp³-hybridized carbons (Fsp3) is 0.667. The van der Waals surface area contributed by atoms with E-state index in [-0.39, 0.29) is 0 Å². The Kier molecular flexibility index (Phi) is 2.32. The predicted octanol–water partition coefficient (Wildman–Crippen LogP) is 1.07. The summed E-state index contributed by atoms with van der Waals surface area (Å²) in [5.74, 6) is 1.58. The lowest BCUT2D eigenvalue weighted by molar-refractivity contribution is 0.615. The second-order valence-corrected chi connectivity index (χ2v) is 4.93. The quantitative estimate of drug-likeness (QED) is 0.806. The number of anilines is 1. The first-order valence-corrected chi connectivity index (χ1v) is 6.03. The Labute approximate surface area is 96.1 Å². The van der Waals surface area contributed by atoms with Crippen LogP contribution in [0.25, 0.3) is 0 Å². The second-order valence-electron chi connectivity index (χ2n) is 4.93. The van der Waals surface area contributed by atoms with Crippen molar-refractivity contribution >= 4 is 5.95 Å². The van der Waals surface area contributed by atoms with Crippen LogP contribution >= 0.6 is 0 Å². The Morgan fingerprint density at radius 1 is 1.25 bits per heavy atom. The number of aromatic nitrogens is 2. The molecule has 0 saturated heterocycles. The van der Waals surface area contributed by atoms with Gasteiger partial charge in [-0.05, 0) is 12.8 Å². The van der Waals surface area contributed by atoms with E-state index in [4.69, 9.17) is 4.98 Å². The highest BCUT2D eigenvalue weighted by Gasteiger charge is 2.30. The summed E-state index contributed by atoms with van der Waals surface area (Å²) in [6, 6.07) is 0. The van der Waals surface area contributed by atoms with Crippen LogP contribution in [0.4, 0.5) is 5.95 Å². The number of hydrogen-bond donors (Lipinski definition) is 1. The Bertz CT molecular complexity index is 410. The lowest BCUT2D eigenvalue weighted by Crippen LogP contribution is -2.28. The molecule has 1 aromatic heterocycles. The van der Waals surface area contributed by atoms with Gasteiger partial charge in [0.15, 0.2) is 0 Å². The molecular weight excluding hydrogens is 200 g/mol. The van der Waals surface area contributed by atoms with Crippen molar-refractivity contribution in [2.75, 3.05) is 25.5 Å². The molecule has 4 heteroatoms. The summed E-state index contributed by atoms with van der Waals surface area (Å²) in [5.41, 5.74) is 3.94. The normalized spacial score (nSPS) is 19.4. The summed E-state index contributed by atoms with van der Waals surface area (Å²) in [7, 11) is 4.03. The first kappa shape index (κ1) is 10.0. The molecule has 0 aromatic carbocycles. The topological polar surface area (TPSA) is 41.1 Å². The maximum atomic E-state index is 4.72. The second kappa shape index (κ2) is 3.70. The fourth-order valence-corrected chi connectivity index (χ4v) is 2.25. The van der Waals surface area contributed by atoms with Gasteiger partial charge in [-0.1, -0.05) is 0 Å². The van der Waals surface area contributed by atoms with Gasteiger partial charge in [-0.25, -0.2) is 9.97 Å². The van der Waals surface area contributed by atoms with Crippen molar-refractivity contribution in [1.82, 2.24) is 15.3 Å². The van der Waals surface area contributed by atoms with E-state index in [0.717, 1.165) is 25.5 Å². The minimum atomic E-state index is 0.704. The molecule has 1 aromatic rings. The smallest absolute Gasteiger partial charge is 0.225 e. The molecule has 0 radical (unpaired) electrons. The Hall–Kier alpha value is -1.16. The third-order valence-corrected chi connectivity index (χ3v) is 3.32. The van der Waals surface area contributed by atoms with E-state index < -0.39 is 0 Å². The number of fused-ring (bicyclic) bond motifs is 1. The largest absolute Gasteiger partial charge is 0.347 e. The zero-order valence-corrected chi connectivity index (χ0v) is 9.95. The van der Waals surface area contributed by atoms with Gasteiger partial charge >= 0.3 is 0 Å². The molecule has 1 fully saturated rings. The van der Waals surface area contributed by atoms with Crippen LogP contribution in [-0.2, 0) is 13.0 Å². The van der Waals surface area contributed by atoms with Gasteiger partial charge in [0.2, 0.25) is 5.95 Å². The average molecular weight is 218 g/mol. The van der Waals surface area contributed by atoms with Gasteiger partial charge in [0.25, 0.3) is 0 Å². The van der Waals surface area contributed by atoms with Crippen molar-refractivity contribution < 1.29 is 0 Å². The molecule has 0 spiro atoms. The van der Waals surface area contributed by atoms with Gasteiger partial charge in [-0.2, -0.15) is 0 Å². The van der Waals surface area contributed by atoms with Crippen LogP contribution in [0.15, 0.2) is 0 Å². The molecule has 1 aliphatic carbocycles.